The first-order valence-electron chi connectivity index (χ1n) is 8.52. The fourth-order valence-electron chi connectivity index (χ4n) is 2.88. The summed E-state index contributed by atoms with van der Waals surface area (Å²) in [5, 5.41) is 3.91. The van der Waals surface area contributed by atoms with E-state index >= 15 is 0 Å². The Balaban J connectivity index is 1.60. The number of rotatable bonds is 6. The van der Waals surface area contributed by atoms with Crippen molar-refractivity contribution in [3.8, 4) is 5.75 Å². The molecule has 0 N–H and O–H groups in total. The number of ether oxygens (including phenoxy) is 1. The van der Waals surface area contributed by atoms with Crippen LogP contribution in [-0.4, -0.2) is 56.3 Å². The summed E-state index contributed by atoms with van der Waals surface area (Å²) in [6.07, 6.45) is 0.370. The SMILES string of the molecule is CCOc1ccc(S(=O)(=O)N2CCN(C(=O)Cc3ccsc3)CC2)cc1. The summed E-state index contributed by atoms with van der Waals surface area (Å²) >= 11 is 1.57. The maximum absolute atomic E-state index is 12.8. The Kier molecular flexibility index (Phi) is 5.95. The quantitative estimate of drug-likeness (QED) is 0.754. The van der Waals surface area contributed by atoms with Crippen LogP contribution in [0.5, 0.6) is 5.75 Å². The zero-order chi connectivity index (χ0) is 18.6. The van der Waals surface area contributed by atoms with Crippen molar-refractivity contribution < 1.29 is 17.9 Å². The van der Waals surface area contributed by atoms with Gasteiger partial charge in [-0.2, -0.15) is 15.6 Å². The highest BCUT2D eigenvalue weighted by atomic mass is 32.2. The summed E-state index contributed by atoms with van der Waals surface area (Å²) < 4.78 is 32.3. The van der Waals surface area contributed by atoms with Crippen molar-refractivity contribution in [2.75, 3.05) is 32.8 Å². The van der Waals surface area contributed by atoms with E-state index in [1.54, 1.807) is 40.5 Å². The highest BCUT2D eigenvalue weighted by Crippen LogP contribution is 2.21. The molecule has 0 saturated carbocycles. The molecule has 6 nitrogen and oxygen atoms in total. The molecule has 3 rings (SSSR count). The molecule has 1 aromatic heterocycles. The van der Waals surface area contributed by atoms with Gasteiger partial charge in [0.05, 0.1) is 17.9 Å². The van der Waals surface area contributed by atoms with Crippen LogP contribution in [-0.2, 0) is 21.2 Å². The monoisotopic (exact) mass is 394 g/mol. The molecule has 0 radical (unpaired) electrons. The van der Waals surface area contributed by atoms with E-state index in [1.165, 1.54) is 4.31 Å². The molecule has 1 aromatic carbocycles. The summed E-state index contributed by atoms with van der Waals surface area (Å²) in [6.45, 7) is 3.87. The molecule has 26 heavy (non-hydrogen) atoms. The normalized spacial score (nSPS) is 15.8. The molecule has 0 unspecified atom stereocenters. The molecule has 8 heteroatoms. The standard InChI is InChI=1S/C18H22N2O4S2/c1-2-24-16-3-5-17(6-4-16)26(22,23)20-10-8-19(9-11-20)18(21)13-15-7-12-25-14-15/h3-7,12,14H,2,8-11,13H2,1H3. The van der Waals surface area contributed by atoms with E-state index < -0.39 is 10.0 Å². The summed E-state index contributed by atoms with van der Waals surface area (Å²) in [7, 11) is -3.55. The lowest BCUT2D eigenvalue weighted by Gasteiger charge is -2.34. The van der Waals surface area contributed by atoms with Crippen LogP contribution in [0.15, 0.2) is 46.0 Å². The van der Waals surface area contributed by atoms with Crippen LogP contribution in [0, 0.1) is 0 Å². The summed E-state index contributed by atoms with van der Waals surface area (Å²) in [4.78, 5) is 14.3. The molecule has 1 aliphatic rings. The van der Waals surface area contributed by atoms with E-state index in [4.69, 9.17) is 4.74 Å². The van der Waals surface area contributed by atoms with Crippen LogP contribution in [0.1, 0.15) is 12.5 Å². The Bertz CT molecular complexity index is 825. The van der Waals surface area contributed by atoms with Gasteiger partial charge < -0.3 is 9.64 Å². The third-order valence-electron chi connectivity index (χ3n) is 4.30. The lowest BCUT2D eigenvalue weighted by atomic mass is 10.2. The van der Waals surface area contributed by atoms with Gasteiger partial charge in [0.15, 0.2) is 0 Å². The minimum Gasteiger partial charge on any atom is -0.494 e. The smallest absolute Gasteiger partial charge is 0.243 e. The van der Waals surface area contributed by atoms with Crippen LogP contribution < -0.4 is 4.74 Å². The van der Waals surface area contributed by atoms with E-state index in [2.05, 4.69) is 0 Å². The molecule has 1 aliphatic heterocycles. The summed E-state index contributed by atoms with van der Waals surface area (Å²) in [6, 6.07) is 8.39. The van der Waals surface area contributed by atoms with Gasteiger partial charge in [-0.3, -0.25) is 4.79 Å². The van der Waals surface area contributed by atoms with Crippen LogP contribution >= 0.6 is 11.3 Å². The molecule has 1 fully saturated rings. The van der Waals surface area contributed by atoms with Gasteiger partial charge in [0.25, 0.3) is 0 Å². The molecule has 140 valence electrons. The Morgan fingerprint density at radius 3 is 2.38 bits per heavy atom. The highest BCUT2D eigenvalue weighted by Gasteiger charge is 2.30. The Morgan fingerprint density at radius 2 is 1.81 bits per heavy atom. The first kappa shape index (κ1) is 18.9. The first-order valence-corrected chi connectivity index (χ1v) is 10.9. The van der Waals surface area contributed by atoms with Crippen molar-refractivity contribution in [3.63, 3.8) is 0 Å². The van der Waals surface area contributed by atoms with E-state index in [9.17, 15) is 13.2 Å². The van der Waals surface area contributed by atoms with Gasteiger partial charge in [0, 0.05) is 26.2 Å². The average Bonchev–Trinajstić information content (AvgIpc) is 3.15. The zero-order valence-electron chi connectivity index (χ0n) is 14.6. The lowest BCUT2D eigenvalue weighted by molar-refractivity contribution is -0.131. The third-order valence-corrected chi connectivity index (χ3v) is 6.94. The maximum atomic E-state index is 12.8. The number of hydrogen-bond acceptors (Lipinski definition) is 5. The molecule has 0 atom stereocenters. The molecule has 2 aromatic rings. The number of amides is 1. The van der Waals surface area contributed by atoms with Gasteiger partial charge >= 0.3 is 0 Å². The maximum Gasteiger partial charge on any atom is 0.243 e. The minimum absolute atomic E-state index is 0.0431. The van der Waals surface area contributed by atoms with Crippen molar-refractivity contribution in [2.24, 2.45) is 0 Å². The molecule has 0 aliphatic carbocycles. The first-order chi connectivity index (χ1) is 12.5. The van der Waals surface area contributed by atoms with Gasteiger partial charge in [-0.25, -0.2) is 8.42 Å². The lowest BCUT2D eigenvalue weighted by Crippen LogP contribution is -2.50. The second kappa shape index (κ2) is 8.20. The molecule has 1 amide bonds. The molecule has 2 heterocycles. The predicted molar refractivity (Wildman–Crippen MR) is 101 cm³/mol. The molecule has 0 spiro atoms. The third kappa shape index (κ3) is 4.25. The van der Waals surface area contributed by atoms with E-state index in [-0.39, 0.29) is 10.8 Å². The number of carbonyl (C=O) groups excluding carboxylic acids is 1. The Hall–Kier alpha value is -1.90. The summed E-state index contributed by atoms with van der Waals surface area (Å²) in [5.41, 5.74) is 1.00. The van der Waals surface area contributed by atoms with E-state index in [1.807, 2.05) is 23.8 Å². The fourth-order valence-corrected chi connectivity index (χ4v) is 4.97. The van der Waals surface area contributed by atoms with Crippen molar-refractivity contribution >= 4 is 27.3 Å². The number of nitrogens with zero attached hydrogens (tertiary/aromatic N) is 2. The van der Waals surface area contributed by atoms with Gasteiger partial charge in [0.1, 0.15) is 5.75 Å². The Labute approximate surface area is 158 Å². The fraction of sp³-hybridized carbons (Fsp3) is 0.389. The van der Waals surface area contributed by atoms with Crippen LogP contribution in [0.3, 0.4) is 0 Å². The molecular formula is C18H22N2O4S2. The topological polar surface area (TPSA) is 66.9 Å². The number of sulfonamides is 1. The largest absolute Gasteiger partial charge is 0.494 e. The van der Waals surface area contributed by atoms with Crippen molar-refractivity contribution in [2.45, 2.75) is 18.2 Å². The zero-order valence-corrected chi connectivity index (χ0v) is 16.3. The van der Waals surface area contributed by atoms with Gasteiger partial charge in [-0.1, -0.05) is 0 Å². The number of hydrogen-bond donors (Lipinski definition) is 0. The number of benzene rings is 1. The number of piperazine rings is 1. The number of carbonyl (C=O) groups is 1. The van der Waals surface area contributed by atoms with Crippen LogP contribution in [0.2, 0.25) is 0 Å². The average molecular weight is 395 g/mol. The Morgan fingerprint density at radius 1 is 1.12 bits per heavy atom. The van der Waals surface area contributed by atoms with Gasteiger partial charge in [0.2, 0.25) is 15.9 Å². The number of thiophene rings is 1. The van der Waals surface area contributed by atoms with E-state index in [0.717, 1.165) is 5.56 Å². The second-order valence-corrected chi connectivity index (χ2v) is 8.72. The van der Waals surface area contributed by atoms with Crippen molar-refractivity contribution in [1.82, 2.24) is 9.21 Å². The molecular weight excluding hydrogens is 372 g/mol. The molecule has 1 saturated heterocycles. The van der Waals surface area contributed by atoms with Gasteiger partial charge in [-0.15, -0.1) is 0 Å². The van der Waals surface area contributed by atoms with Crippen molar-refractivity contribution in [3.05, 3.63) is 46.7 Å². The van der Waals surface area contributed by atoms with E-state index in [0.29, 0.717) is 45.0 Å². The predicted octanol–water partition coefficient (Wildman–Crippen LogP) is 2.22. The molecule has 0 bridgehead atoms. The highest BCUT2D eigenvalue weighted by molar-refractivity contribution is 7.89. The summed E-state index contributed by atoms with van der Waals surface area (Å²) in [5.74, 6) is 0.691. The van der Waals surface area contributed by atoms with Crippen LogP contribution in [0.4, 0.5) is 0 Å². The van der Waals surface area contributed by atoms with Gasteiger partial charge in [-0.05, 0) is 53.6 Å². The second-order valence-electron chi connectivity index (χ2n) is 6.00. The minimum atomic E-state index is -3.55. The van der Waals surface area contributed by atoms with Crippen LogP contribution in [0.25, 0.3) is 0 Å². The van der Waals surface area contributed by atoms with Crippen molar-refractivity contribution in [1.29, 1.82) is 0 Å².